The number of carbonyl (C=O) groups is 2. The van der Waals surface area contributed by atoms with Gasteiger partial charge in [-0.05, 0) is 72.6 Å². The third-order valence-electron chi connectivity index (χ3n) is 4.55. The molecule has 1 aliphatic heterocycles. The highest BCUT2D eigenvalue weighted by molar-refractivity contribution is 9.10. The number of carbonyl (C=O) groups excluding carboxylic acids is 2. The molecule has 3 rings (SSSR count). The summed E-state index contributed by atoms with van der Waals surface area (Å²) in [6.07, 6.45) is 2.66. The van der Waals surface area contributed by atoms with E-state index in [1.165, 1.54) is 0 Å². The number of ether oxygens (including phenoxy) is 2. The molecule has 9 heteroatoms. The summed E-state index contributed by atoms with van der Waals surface area (Å²) in [5.41, 5.74) is 3.76. The van der Waals surface area contributed by atoms with Crippen LogP contribution in [0.1, 0.15) is 36.2 Å². The molecule has 1 saturated heterocycles. The van der Waals surface area contributed by atoms with Gasteiger partial charge in [0.25, 0.3) is 11.8 Å². The Labute approximate surface area is 205 Å². The number of hydrazine groups is 1. The number of rotatable bonds is 8. The Kier molecular flexibility index (Phi) is 8.33. The molecule has 0 aromatic heterocycles. The Morgan fingerprint density at radius 2 is 1.94 bits per heavy atom. The lowest BCUT2D eigenvalue weighted by atomic mass is 10.1. The largest absolute Gasteiger partial charge is 0.493 e. The van der Waals surface area contributed by atoms with E-state index in [-0.39, 0.29) is 10.2 Å². The molecule has 1 aliphatic rings. The van der Waals surface area contributed by atoms with Gasteiger partial charge in [0, 0.05) is 10.0 Å². The molecule has 1 heterocycles. The van der Waals surface area contributed by atoms with Crippen LogP contribution in [0.5, 0.6) is 11.5 Å². The summed E-state index contributed by atoms with van der Waals surface area (Å²) < 4.78 is 12.4. The Morgan fingerprint density at radius 3 is 2.59 bits per heavy atom. The highest BCUT2D eigenvalue weighted by Gasteiger charge is 2.33. The van der Waals surface area contributed by atoms with Crippen LogP contribution in [0.4, 0.5) is 0 Å². The number of amides is 2. The van der Waals surface area contributed by atoms with Crippen molar-refractivity contribution in [3.8, 4) is 11.5 Å². The molecule has 2 aromatic carbocycles. The molecule has 0 atom stereocenters. The lowest BCUT2D eigenvalue weighted by Gasteiger charge is -2.15. The summed E-state index contributed by atoms with van der Waals surface area (Å²) in [6, 6.07) is 12.3. The molecule has 168 valence electrons. The summed E-state index contributed by atoms with van der Waals surface area (Å²) in [7, 11) is 1.57. The second-order valence-corrected chi connectivity index (χ2v) is 10.00. The first-order chi connectivity index (χ1) is 15.3. The second-order valence-electron chi connectivity index (χ2n) is 7.41. The summed E-state index contributed by atoms with van der Waals surface area (Å²) in [5.74, 6) is 0.980. The molecule has 6 nitrogen and oxygen atoms in total. The van der Waals surface area contributed by atoms with Crippen LogP contribution < -0.4 is 14.9 Å². The predicted molar refractivity (Wildman–Crippen MR) is 135 cm³/mol. The summed E-state index contributed by atoms with van der Waals surface area (Å²) in [5, 5.41) is 1.09. The normalized spacial score (nSPS) is 14.9. The van der Waals surface area contributed by atoms with Crippen LogP contribution in [0.15, 0.2) is 51.8 Å². The fourth-order valence-electron chi connectivity index (χ4n) is 2.78. The monoisotopic (exact) mass is 534 g/mol. The maximum Gasteiger partial charge on any atom is 0.285 e. The molecule has 0 saturated carbocycles. The first-order valence-corrected chi connectivity index (χ1v) is 12.0. The van der Waals surface area contributed by atoms with Gasteiger partial charge in [0.15, 0.2) is 15.8 Å². The van der Waals surface area contributed by atoms with Crippen molar-refractivity contribution in [2.75, 3.05) is 13.7 Å². The summed E-state index contributed by atoms with van der Waals surface area (Å²) in [4.78, 5) is 25.7. The molecule has 1 fully saturated rings. The van der Waals surface area contributed by atoms with Gasteiger partial charge in [-0.15, -0.1) is 0 Å². The Bertz CT molecular complexity index is 1050. The average molecular weight is 535 g/mol. The quantitative estimate of drug-likeness (QED) is 0.359. The number of thiocarbonyl (C=S) groups is 1. The van der Waals surface area contributed by atoms with E-state index in [4.69, 9.17) is 21.7 Å². The maximum atomic E-state index is 12.8. The Morgan fingerprint density at radius 1 is 1.22 bits per heavy atom. The standard InChI is InChI=1S/C23H23BrN2O4S2/c1-14(2)10-11-30-18-9-4-15(12-19(18)29-3)13-20-22(28)26(23(31)32-20)25-21(27)16-5-7-17(24)8-6-16/h4-9,12-14H,10-11H2,1-3H3,(H,25,27)/b20-13+. The number of thioether (sulfide) groups is 1. The van der Waals surface area contributed by atoms with Crippen LogP contribution in [0, 0.1) is 5.92 Å². The summed E-state index contributed by atoms with van der Waals surface area (Å²) >= 11 is 9.75. The van der Waals surface area contributed by atoms with Crippen molar-refractivity contribution in [3.05, 3.63) is 63.0 Å². The lowest BCUT2D eigenvalue weighted by Crippen LogP contribution is -2.44. The van der Waals surface area contributed by atoms with Crippen molar-refractivity contribution in [2.45, 2.75) is 20.3 Å². The molecule has 1 N–H and O–H groups in total. The minimum Gasteiger partial charge on any atom is -0.493 e. The number of benzene rings is 2. The predicted octanol–water partition coefficient (Wildman–Crippen LogP) is 5.43. The van der Waals surface area contributed by atoms with Gasteiger partial charge in [0.05, 0.1) is 18.6 Å². The minimum atomic E-state index is -0.417. The average Bonchev–Trinajstić information content (AvgIpc) is 3.02. The fraction of sp³-hybridized carbons (Fsp3) is 0.261. The number of hydrogen-bond donors (Lipinski definition) is 1. The molecule has 2 aromatic rings. The Hall–Kier alpha value is -2.36. The van der Waals surface area contributed by atoms with Crippen molar-refractivity contribution in [3.63, 3.8) is 0 Å². The first-order valence-electron chi connectivity index (χ1n) is 9.94. The molecule has 0 spiro atoms. The number of nitrogens with one attached hydrogen (secondary N) is 1. The van der Waals surface area contributed by atoms with Gasteiger partial charge in [0.2, 0.25) is 0 Å². The van der Waals surface area contributed by atoms with Crippen molar-refractivity contribution in [1.82, 2.24) is 10.4 Å². The first kappa shape index (κ1) is 24.3. The van der Waals surface area contributed by atoms with E-state index in [9.17, 15) is 9.59 Å². The fourth-order valence-corrected chi connectivity index (χ4v) is 4.22. The SMILES string of the molecule is COc1cc(/C=C2/SC(=S)N(NC(=O)c3ccc(Br)cc3)C2=O)ccc1OCCC(C)C. The van der Waals surface area contributed by atoms with Crippen LogP contribution in [0.2, 0.25) is 0 Å². The van der Waals surface area contributed by atoms with Gasteiger partial charge in [-0.1, -0.05) is 47.6 Å². The van der Waals surface area contributed by atoms with Crippen molar-refractivity contribution in [1.29, 1.82) is 0 Å². The van der Waals surface area contributed by atoms with Gasteiger partial charge in [-0.2, -0.15) is 5.01 Å². The van der Waals surface area contributed by atoms with Gasteiger partial charge in [0.1, 0.15) is 0 Å². The van der Waals surface area contributed by atoms with E-state index in [1.807, 2.05) is 12.1 Å². The zero-order valence-electron chi connectivity index (χ0n) is 17.9. The maximum absolute atomic E-state index is 12.8. The van der Waals surface area contributed by atoms with E-state index >= 15 is 0 Å². The molecule has 32 heavy (non-hydrogen) atoms. The molecule has 0 bridgehead atoms. The van der Waals surface area contributed by atoms with Crippen LogP contribution in [0.3, 0.4) is 0 Å². The number of halogens is 1. The van der Waals surface area contributed by atoms with Gasteiger partial charge in [-0.25, -0.2) is 0 Å². The van der Waals surface area contributed by atoms with Crippen molar-refractivity contribution in [2.24, 2.45) is 5.92 Å². The zero-order chi connectivity index (χ0) is 23.3. The summed E-state index contributed by atoms with van der Waals surface area (Å²) in [6.45, 7) is 4.88. The molecule has 0 radical (unpaired) electrons. The van der Waals surface area contributed by atoms with Gasteiger partial charge in [-0.3, -0.25) is 15.0 Å². The van der Waals surface area contributed by atoms with Gasteiger partial charge >= 0.3 is 0 Å². The molecular weight excluding hydrogens is 512 g/mol. The van der Waals surface area contributed by atoms with Crippen LogP contribution in [0.25, 0.3) is 6.08 Å². The third-order valence-corrected chi connectivity index (χ3v) is 6.38. The van der Waals surface area contributed by atoms with Crippen molar-refractivity contribution < 1.29 is 19.1 Å². The van der Waals surface area contributed by atoms with E-state index in [1.54, 1.807) is 43.5 Å². The Balaban J connectivity index is 1.72. The highest BCUT2D eigenvalue weighted by Crippen LogP contribution is 2.34. The molecule has 2 amide bonds. The molecule has 0 unspecified atom stereocenters. The van der Waals surface area contributed by atoms with Crippen LogP contribution >= 0.6 is 39.9 Å². The smallest absolute Gasteiger partial charge is 0.285 e. The van der Waals surface area contributed by atoms with E-state index in [2.05, 4.69) is 35.2 Å². The van der Waals surface area contributed by atoms with Crippen molar-refractivity contribution >= 4 is 62.1 Å². The van der Waals surface area contributed by atoms with E-state index in [0.29, 0.717) is 34.5 Å². The van der Waals surface area contributed by atoms with Crippen LogP contribution in [-0.2, 0) is 4.79 Å². The number of hydrogen-bond acceptors (Lipinski definition) is 6. The molecular formula is C23H23BrN2O4S2. The van der Waals surface area contributed by atoms with Gasteiger partial charge < -0.3 is 9.47 Å². The van der Waals surface area contributed by atoms with E-state index < -0.39 is 5.91 Å². The van der Waals surface area contributed by atoms with Crippen LogP contribution in [-0.4, -0.2) is 34.9 Å². The number of nitrogens with zero attached hydrogens (tertiary/aromatic N) is 1. The highest BCUT2D eigenvalue weighted by atomic mass is 79.9. The van der Waals surface area contributed by atoms with E-state index in [0.717, 1.165) is 33.2 Å². The second kappa shape index (κ2) is 11.0. The molecule has 0 aliphatic carbocycles. The zero-order valence-corrected chi connectivity index (χ0v) is 21.1. The third kappa shape index (κ3) is 6.11. The topological polar surface area (TPSA) is 67.9 Å². The lowest BCUT2D eigenvalue weighted by molar-refractivity contribution is -0.123. The number of methoxy groups -OCH3 is 1. The minimum absolute atomic E-state index is 0.257.